The SMILES string of the molecule is CCCCOc1ccc(CNCC(C)(O)CN(C)C)cc1. The predicted molar refractivity (Wildman–Crippen MR) is 87.7 cm³/mol. The van der Waals surface area contributed by atoms with Crippen LogP contribution in [0.5, 0.6) is 5.75 Å². The summed E-state index contributed by atoms with van der Waals surface area (Å²) >= 11 is 0. The molecule has 0 amide bonds. The number of nitrogens with one attached hydrogen (secondary N) is 1. The molecule has 4 nitrogen and oxygen atoms in total. The Labute approximate surface area is 129 Å². The second-order valence-corrected chi connectivity index (χ2v) is 6.18. The first-order chi connectivity index (χ1) is 9.93. The minimum atomic E-state index is -0.716. The summed E-state index contributed by atoms with van der Waals surface area (Å²) < 4.78 is 5.64. The van der Waals surface area contributed by atoms with Gasteiger partial charge in [-0.25, -0.2) is 0 Å². The molecule has 1 unspecified atom stereocenters. The lowest BCUT2D eigenvalue weighted by Gasteiger charge is -2.27. The number of aliphatic hydroxyl groups is 1. The van der Waals surface area contributed by atoms with Crippen LogP contribution in [0.15, 0.2) is 24.3 Å². The summed E-state index contributed by atoms with van der Waals surface area (Å²) in [5, 5.41) is 13.5. The standard InChI is InChI=1S/C17H30N2O2/c1-5-6-11-21-16-9-7-15(8-10-16)12-18-13-17(2,20)14-19(3)4/h7-10,18,20H,5-6,11-14H2,1-4H3. The van der Waals surface area contributed by atoms with Crippen molar-refractivity contribution in [1.29, 1.82) is 0 Å². The Balaban J connectivity index is 2.32. The maximum atomic E-state index is 10.2. The van der Waals surface area contributed by atoms with Crippen molar-refractivity contribution in [3.05, 3.63) is 29.8 Å². The van der Waals surface area contributed by atoms with Crippen LogP contribution in [0.3, 0.4) is 0 Å². The monoisotopic (exact) mass is 294 g/mol. The zero-order valence-electron chi connectivity index (χ0n) is 13.9. The maximum absolute atomic E-state index is 10.2. The van der Waals surface area contributed by atoms with Crippen molar-refractivity contribution < 1.29 is 9.84 Å². The lowest BCUT2D eigenvalue weighted by molar-refractivity contribution is 0.0336. The Morgan fingerprint density at radius 1 is 1.24 bits per heavy atom. The van der Waals surface area contributed by atoms with E-state index in [1.807, 2.05) is 38.1 Å². The molecule has 0 radical (unpaired) electrons. The lowest BCUT2D eigenvalue weighted by atomic mass is 10.1. The van der Waals surface area contributed by atoms with Crippen molar-refractivity contribution in [2.45, 2.75) is 38.8 Å². The number of nitrogens with zero attached hydrogens (tertiary/aromatic N) is 1. The average molecular weight is 294 g/mol. The van der Waals surface area contributed by atoms with Crippen LogP contribution in [0.25, 0.3) is 0 Å². The van der Waals surface area contributed by atoms with Crippen molar-refractivity contribution in [2.24, 2.45) is 0 Å². The van der Waals surface area contributed by atoms with Crippen LogP contribution in [0.1, 0.15) is 32.3 Å². The van der Waals surface area contributed by atoms with Gasteiger partial charge in [0.2, 0.25) is 0 Å². The van der Waals surface area contributed by atoms with E-state index in [2.05, 4.69) is 24.4 Å². The van der Waals surface area contributed by atoms with Gasteiger partial charge in [-0.3, -0.25) is 0 Å². The van der Waals surface area contributed by atoms with E-state index in [4.69, 9.17) is 4.74 Å². The number of hydrogen-bond donors (Lipinski definition) is 2. The highest BCUT2D eigenvalue weighted by molar-refractivity contribution is 5.27. The largest absolute Gasteiger partial charge is 0.494 e. The molecule has 0 heterocycles. The van der Waals surface area contributed by atoms with Gasteiger partial charge in [0.15, 0.2) is 0 Å². The Morgan fingerprint density at radius 2 is 1.90 bits per heavy atom. The second-order valence-electron chi connectivity index (χ2n) is 6.18. The molecule has 0 spiro atoms. The number of rotatable bonds is 10. The first kappa shape index (κ1) is 18.0. The number of benzene rings is 1. The fraction of sp³-hybridized carbons (Fsp3) is 0.647. The molecule has 1 aromatic carbocycles. The van der Waals surface area contributed by atoms with Crippen molar-refractivity contribution in [1.82, 2.24) is 10.2 Å². The molecule has 0 aliphatic heterocycles. The molecule has 0 saturated carbocycles. The molecule has 0 aliphatic carbocycles. The van der Waals surface area contributed by atoms with Gasteiger partial charge in [0.25, 0.3) is 0 Å². The molecular weight excluding hydrogens is 264 g/mol. The van der Waals surface area contributed by atoms with E-state index in [1.54, 1.807) is 0 Å². The highest BCUT2D eigenvalue weighted by Crippen LogP contribution is 2.13. The van der Waals surface area contributed by atoms with Gasteiger partial charge in [0.05, 0.1) is 12.2 Å². The van der Waals surface area contributed by atoms with Crippen LogP contribution in [0, 0.1) is 0 Å². The summed E-state index contributed by atoms with van der Waals surface area (Å²) in [5.74, 6) is 0.923. The number of unbranched alkanes of at least 4 members (excludes halogenated alkanes) is 1. The van der Waals surface area contributed by atoms with Crippen LogP contribution in [-0.4, -0.2) is 49.4 Å². The van der Waals surface area contributed by atoms with Gasteiger partial charge in [0, 0.05) is 19.6 Å². The van der Waals surface area contributed by atoms with Crippen LogP contribution >= 0.6 is 0 Å². The Bertz CT molecular complexity index is 388. The number of ether oxygens (including phenoxy) is 1. The lowest BCUT2D eigenvalue weighted by Crippen LogP contribution is -2.45. The van der Waals surface area contributed by atoms with E-state index in [1.165, 1.54) is 5.56 Å². The van der Waals surface area contributed by atoms with Crippen LogP contribution in [0.2, 0.25) is 0 Å². The van der Waals surface area contributed by atoms with E-state index in [0.717, 1.165) is 31.7 Å². The molecule has 0 aliphatic rings. The summed E-state index contributed by atoms with van der Waals surface area (Å²) in [4.78, 5) is 1.99. The zero-order valence-corrected chi connectivity index (χ0v) is 13.9. The molecule has 0 aromatic heterocycles. The third kappa shape index (κ3) is 8.05. The molecule has 0 bridgehead atoms. The van der Waals surface area contributed by atoms with Gasteiger partial charge in [-0.15, -0.1) is 0 Å². The number of hydrogen-bond acceptors (Lipinski definition) is 4. The van der Waals surface area contributed by atoms with Gasteiger partial charge in [0.1, 0.15) is 5.75 Å². The van der Waals surface area contributed by atoms with E-state index >= 15 is 0 Å². The van der Waals surface area contributed by atoms with Crippen LogP contribution in [0.4, 0.5) is 0 Å². The Morgan fingerprint density at radius 3 is 2.48 bits per heavy atom. The topological polar surface area (TPSA) is 44.7 Å². The Kier molecular flexibility index (Phi) is 7.72. The summed E-state index contributed by atoms with van der Waals surface area (Å²) in [6, 6.07) is 8.14. The molecule has 21 heavy (non-hydrogen) atoms. The maximum Gasteiger partial charge on any atom is 0.119 e. The zero-order chi connectivity index (χ0) is 15.7. The third-order valence-corrected chi connectivity index (χ3v) is 3.18. The number of likely N-dealkylation sites (N-methyl/N-ethyl adjacent to an activating group) is 1. The summed E-state index contributed by atoms with van der Waals surface area (Å²) in [5.41, 5.74) is 0.477. The van der Waals surface area contributed by atoms with Gasteiger partial charge >= 0.3 is 0 Å². The molecular formula is C17H30N2O2. The van der Waals surface area contributed by atoms with E-state index < -0.39 is 5.60 Å². The fourth-order valence-corrected chi connectivity index (χ4v) is 2.25. The molecule has 1 atom stereocenters. The summed E-state index contributed by atoms with van der Waals surface area (Å²) in [6.07, 6.45) is 2.24. The molecule has 0 saturated heterocycles. The average Bonchev–Trinajstić information content (AvgIpc) is 2.39. The van der Waals surface area contributed by atoms with E-state index in [0.29, 0.717) is 13.1 Å². The molecule has 0 fully saturated rings. The van der Waals surface area contributed by atoms with Gasteiger partial charge < -0.3 is 20.1 Å². The van der Waals surface area contributed by atoms with Crippen molar-refractivity contribution in [2.75, 3.05) is 33.8 Å². The van der Waals surface area contributed by atoms with E-state index in [-0.39, 0.29) is 0 Å². The van der Waals surface area contributed by atoms with Crippen molar-refractivity contribution in [3.8, 4) is 5.75 Å². The molecule has 1 aromatic rings. The van der Waals surface area contributed by atoms with Crippen LogP contribution < -0.4 is 10.1 Å². The molecule has 120 valence electrons. The third-order valence-electron chi connectivity index (χ3n) is 3.18. The fourth-order valence-electron chi connectivity index (χ4n) is 2.25. The van der Waals surface area contributed by atoms with Crippen molar-refractivity contribution >= 4 is 0 Å². The molecule has 1 rings (SSSR count). The minimum absolute atomic E-state index is 0.569. The summed E-state index contributed by atoms with van der Waals surface area (Å²) in [7, 11) is 3.93. The first-order valence-electron chi connectivity index (χ1n) is 7.72. The second kappa shape index (κ2) is 9.03. The normalized spacial score (nSPS) is 14.2. The summed E-state index contributed by atoms with van der Waals surface area (Å²) in [6.45, 7) is 6.75. The Hall–Kier alpha value is -1.10. The smallest absolute Gasteiger partial charge is 0.119 e. The molecule has 2 N–H and O–H groups in total. The highest BCUT2D eigenvalue weighted by Gasteiger charge is 2.20. The predicted octanol–water partition coefficient (Wildman–Crippen LogP) is 2.27. The van der Waals surface area contributed by atoms with Gasteiger partial charge in [-0.1, -0.05) is 25.5 Å². The quantitative estimate of drug-likeness (QED) is 0.650. The molecule has 4 heteroatoms. The highest BCUT2D eigenvalue weighted by atomic mass is 16.5. The first-order valence-corrected chi connectivity index (χ1v) is 7.72. The van der Waals surface area contributed by atoms with Crippen LogP contribution in [-0.2, 0) is 6.54 Å². The van der Waals surface area contributed by atoms with Gasteiger partial charge in [-0.2, -0.15) is 0 Å². The van der Waals surface area contributed by atoms with Gasteiger partial charge in [-0.05, 0) is 45.1 Å². The van der Waals surface area contributed by atoms with Crippen molar-refractivity contribution in [3.63, 3.8) is 0 Å². The minimum Gasteiger partial charge on any atom is -0.494 e. The van der Waals surface area contributed by atoms with E-state index in [9.17, 15) is 5.11 Å².